The van der Waals surface area contributed by atoms with Gasteiger partial charge in [-0.2, -0.15) is 13.2 Å². The Balaban J connectivity index is 2.46. The summed E-state index contributed by atoms with van der Waals surface area (Å²) in [7, 11) is 5.32. The summed E-state index contributed by atoms with van der Waals surface area (Å²) in [5, 5.41) is 2.36. The van der Waals surface area contributed by atoms with Crippen molar-refractivity contribution in [1.82, 2.24) is 10.2 Å². The maximum Gasteiger partial charge on any atom is 0.410 e. The summed E-state index contributed by atoms with van der Waals surface area (Å²) in [5.41, 5.74) is 0.670. The van der Waals surface area contributed by atoms with Crippen LogP contribution in [0.2, 0.25) is 0 Å². The normalized spacial score (nSPS) is 13.6. The van der Waals surface area contributed by atoms with E-state index in [0.29, 0.717) is 20.6 Å². The summed E-state index contributed by atoms with van der Waals surface area (Å²) in [6, 6.07) is 6.90. The second-order valence-electron chi connectivity index (χ2n) is 11.7. The second kappa shape index (κ2) is 16.3. The minimum atomic E-state index is -4.84. The first kappa shape index (κ1) is 38.6. The highest BCUT2D eigenvalue weighted by atomic mass is 127. The van der Waals surface area contributed by atoms with Crippen molar-refractivity contribution in [2.24, 2.45) is 5.92 Å². The van der Waals surface area contributed by atoms with E-state index in [2.05, 4.69) is 5.32 Å². The van der Waals surface area contributed by atoms with E-state index in [1.807, 2.05) is 22.6 Å². The minimum absolute atomic E-state index is 0.0930. The monoisotopic (exact) mass is 764 g/mol. The van der Waals surface area contributed by atoms with E-state index in [4.69, 9.17) is 18.9 Å². The van der Waals surface area contributed by atoms with Crippen LogP contribution < -0.4 is 14.8 Å². The lowest BCUT2D eigenvalue weighted by molar-refractivity contribution is -0.158. The van der Waals surface area contributed by atoms with Gasteiger partial charge in [-0.1, -0.05) is 18.2 Å². The number of methoxy groups -OCH3 is 3. The first-order valence-corrected chi connectivity index (χ1v) is 15.3. The second-order valence-corrected chi connectivity index (χ2v) is 12.8. The van der Waals surface area contributed by atoms with Gasteiger partial charge in [0.2, 0.25) is 5.91 Å². The number of rotatable bonds is 13. The number of amides is 2. The molecular weight excluding hydrogens is 724 g/mol. The molecule has 3 atom stereocenters. The molecule has 1 N–H and O–H groups in total. The molecule has 0 aliphatic rings. The topological polar surface area (TPSA) is 120 Å². The number of alkyl halides is 3. The predicted molar refractivity (Wildman–Crippen MR) is 172 cm³/mol. The van der Waals surface area contributed by atoms with Crippen molar-refractivity contribution in [3.8, 4) is 11.5 Å². The Hall–Kier alpha value is -3.56. The third-order valence-corrected chi connectivity index (χ3v) is 7.71. The first-order chi connectivity index (χ1) is 21.3. The van der Waals surface area contributed by atoms with E-state index in [0.717, 1.165) is 17.6 Å². The van der Waals surface area contributed by atoms with Crippen LogP contribution in [0.1, 0.15) is 56.3 Å². The summed E-state index contributed by atoms with van der Waals surface area (Å²) >= 11 is 1.96. The first-order valence-electron chi connectivity index (χ1n) is 14.2. The molecule has 14 heteroatoms. The van der Waals surface area contributed by atoms with Crippen LogP contribution in [0.15, 0.2) is 36.4 Å². The van der Waals surface area contributed by atoms with E-state index < -0.39 is 66.4 Å². The molecule has 0 saturated carbocycles. The van der Waals surface area contributed by atoms with E-state index in [-0.39, 0.29) is 12.0 Å². The lowest BCUT2D eigenvalue weighted by atomic mass is 9.90. The number of ether oxygens (including phenoxy) is 4. The van der Waals surface area contributed by atoms with Crippen molar-refractivity contribution in [2.45, 2.75) is 70.8 Å². The van der Waals surface area contributed by atoms with Gasteiger partial charge in [-0.15, -0.1) is 0 Å². The fourth-order valence-electron chi connectivity index (χ4n) is 4.74. The molecule has 0 fully saturated rings. The Labute approximate surface area is 280 Å². The molecule has 254 valence electrons. The number of carbonyl (C=O) groups is 4. The zero-order valence-corrected chi connectivity index (χ0v) is 29.2. The number of Topliss-reactive ketones (excluding diaryl/α,β-unsaturated/α-hetero) is 1. The van der Waals surface area contributed by atoms with Gasteiger partial charge in [-0.05, 0) is 85.2 Å². The van der Waals surface area contributed by atoms with Crippen molar-refractivity contribution in [1.29, 1.82) is 0 Å². The number of benzene rings is 2. The van der Waals surface area contributed by atoms with Gasteiger partial charge in [0.1, 0.15) is 29.2 Å². The summed E-state index contributed by atoms with van der Waals surface area (Å²) in [6.45, 7) is 6.65. The highest BCUT2D eigenvalue weighted by Gasteiger charge is 2.40. The Morgan fingerprint density at radius 1 is 0.957 bits per heavy atom. The van der Waals surface area contributed by atoms with Crippen LogP contribution in [-0.4, -0.2) is 74.8 Å². The van der Waals surface area contributed by atoms with Gasteiger partial charge in [-0.3, -0.25) is 14.5 Å². The maximum atomic E-state index is 13.9. The lowest BCUT2D eigenvalue weighted by Gasteiger charge is -2.31. The third kappa shape index (κ3) is 11.4. The van der Waals surface area contributed by atoms with Crippen LogP contribution in [0.4, 0.5) is 18.0 Å². The molecule has 0 heterocycles. The highest BCUT2D eigenvalue weighted by molar-refractivity contribution is 14.1. The quantitative estimate of drug-likeness (QED) is 0.196. The smallest absolute Gasteiger partial charge is 0.410 e. The average molecular weight is 765 g/mol. The number of esters is 1. The fourth-order valence-corrected chi connectivity index (χ4v) is 5.50. The number of nitrogens with one attached hydrogen (secondary N) is 1. The SMILES string of the molecule is COC(=O)[C@H](Cc1ccc(OC)c(C)c1)NC(=O)C(CC(=O)[C@H](c1ccc(OC)c(I)c1)N(C)C(=O)OC(C)(C)C)CC(F)(F)F. The molecule has 1 unspecified atom stereocenters. The molecule has 0 radical (unpaired) electrons. The van der Waals surface area contributed by atoms with Gasteiger partial charge in [0.15, 0.2) is 5.78 Å². The summed E-state index contributed by atoms with van der Waals surface area (Å²) < 4.78 is 62.7. The lowest BCUT2D eigenvalue weighted by Crippen LogP contribution is -2.47. The Kier molecular flexibility index (Phi) is 13.7. The van der Waals surface area contributed by atoms with Crippen LogP contribution in [0.25, 0.3) is 0 Å². The van der Waals surface area contributed by atoms with Crippen molar-refractivity contribution >= 4 is 46.3 Å². The van der Waals surface area contributed by atoms with Crippen molar-refractivity contribution in [2.75, 3.05) is 28.4 Å². The fraction of sp³-hybridized carbons (Fsp3) is 0.500. The molecular formula is C32H40F3IN2O8. The van der Waals surface area contributed by atoms with Gasteiger partial charge in [0, 0.05) is 19.9 Å². The standard InChI is InChI=1S/C32H40F3IN2O8/c1-18-13-19(9-11-25(18)43-6)14-23(29(41)45-8)37-28(40)21(17-32(33,34)35)16-24(39)27(38(5)30(42)46-31(2,3)4)20-10-12-26(44-7)22(36)15-20/h9-13,15,21,23,27H,14,16-17H2,1-8H3,(H,37,40)/t21?,23-,27-/m0/s1. The third-order valence-electron chi connectivity index (χ3n) is 6.86. The Morgan fingerprint density at radius 2 is 1.57 bits per heavy atom. The molecule has 0 aliphatic carbocycles. The summed E-state index contributed by atoms with van der Waals surface area (Å²) in [6.07, 6.45) is -8.37. The number of nitrogens with zero attached hydrogens (tertiary/aromatic N) is 1. The van der Waals surface area contributed by atoms with Gasteiger partial charge in [-0.25, -0.2) is 9.59 Å². The Morgan fingerprint density at radius 3 is 2.07 bits per heavy atom. The highest BCUT2D eigenvalue weighted by Crippen LogP contribution is 2.33. The zero-order chi connectivity index (χ0) is 35.0. The molecule has 0 aromatic heterocycles. The van der Waals surface area contributed by atoms with Crippen LogP contribution >= 0.6 is 22.6 Å². The summed E-state index contributed by atoms with van der Waals surface area (Å²) in [5.74, 6) is -3.76. The predicted octanol–water partition coefficient (Wildman–Crippen LogP) is 5.95. The Bertz CT molecular complexity index is 1410. The number of halogens is 4. The molecule has 0 bridgehead atoms. The maximum absolute atomic E-state index is 13.9. The molecule has 2 rings (SSSR count). The van der Waals surface area contributed by atoms with Crippen molar-refractivity contribution in [3.05, 3.63) is 56.7 Å². The van der Waals surface area contributed by atoms with E-state index in [1.165, 1.54) is 27.3 Å². The van der Waals surface area contributed by atoms with E-state index in [9.17, 15) is 32.3 Å². The molecule has 10 nitrogen and oxygen atoms in total. The van der Waals surface area contributed by atoms with E-state index in [1.54, 1.807) is 58.0 Å². The molecule has 46 heavy (non-hydrogen) atoms. The number of hydrogen-bond donors (Lipinski definition) is 1. The number of carbonyl (C=O) groups excluding carboxylic acids is 4. The minimum Gasteiger partial charge on any atom is -0.496 e. The van der Waals surface area contributed by atoms with Crippen molar-refractivity contribution in [3.63, 3.8) is 0 Å². The van der Waals surface area contributed by atoms with Crippen LogP contribution in [-0.2, 0) is 30.3 Å². The largest absolute Gasteiger partial charge is 0.496 e. The number of ketones is 1. The number of hydrogen-bond acceptors (Lipinski definition) is 8. The van der Waals surface area contributed by atoms with Gasteiger partial charge < -0.3 is 24.3 Å². The van der Waals surface area contributed by atoms with E-state index >= 15 is 0 Å². The zero-order valence-electron chi connectivity index (χ0n) is 27.0. The molecule has 0 spiro atoms. The number of aryl methyl sites for hydroxylation is 1. The summed E-state index contributed by atoms with van der Waals surface area (Å²) in [4.78, 5) is 53.9. The van der Waals surface area contributed by atoms with Gasteiger partial charge in [0.25, 0.3) is 0 Å². The molecule has 0 aliphatic heterocycles. The van der Waals surface area contributed by atoms with Crippen LogP contribution in [0.3, 0.4) is 0 Å². The van der Waals surface area contributed by atoms with Gasteiger partial charge >= 0.3 is 18.2 Å². The average Bonchev–Trinajstić information content (AvgIpc) is 2.94. The molecule has 2 aromatic carbocycles. The van der Waals surface area contributed by atoms with Crippen LogP contribution in [0.5, 0.6) is 11.5 Å². The van der Waals surface area contributed by atoms with Crippen LogP contribution in [0, 0.1) is 16.4 Å². The van der Waals surface area contributed by atoms with Gasteiger partial charge in [0.05, 0.1) is 37.2 Å². The molecule has 2 amide bonds. The molecule has 2 aromatic rings. The molecule has 0 saturated heterocycles. The van der Waals surface area contributed by atoms with Crippen molar-refractivity contribution < 1.29 is 51.3 Å². The number of likely N-dealkylation sites (N-methyl/N-ethyl adjacent to an activating group) is 1.